The van der Waals surface area contributed by atoms with Gasteiger partial charge in [0.15, 0.2) is 5.96 Å². The Labute approximate surface area is 86.1 Å². The normalized spacial score (nSPS) is 27.2. The van der Waals surface area contributed by atoms with Gasteiger partial charge in [0, 0.05) is 19.8 Å². The fourth-order valence-corrected chi connectivity index (χ4v) is 2.09. The zero-order chi connectivity index (χ0) is 10.8. The van der Waals surface area contributed by atoms with E-state index in [0.717, 1.165) is 19.6 Å². The van der Waals surface area contributed by atoms with Gasteiger partial charge in [-0.3, -0.25) is 4.99 Å². The molecule has 1 unspecified atom stereocenters. The quantitative estimate of drug-likeness (QED) is 0.729. The van der Waals surface area contributed by atoms with Gasteiger partial charge < -0.3 is 15.4 Å². The molecule has 4 heteroatoms. The van der Waals surface area contributed by atoms with Crippen molar-refractivity contribution in [2.24, 2.45) is 10.7 Å². The summed E-state index contributed by atoms with van der Waals surface area (Å²) in [5.41, 5.74) is 5.90. The van der Waals surface area contributed by atoms with E-state index in [4.69, 9.17) is 10.5 Å². The van der Waals surface area contributed by atoms with Gasteiger partial charge in [0.05, 0.1) is 12.1 Å². The molecule has 0 amide bonds. The Morgan fingerprint density at radius 3 is 2.79 bits per heavy atom. The van der Waals surface area contributed by atoms with Crippen molar-refractivity contribution < 1.29 is 4.74 Å². The van der Waals surface area contributed by atoms with E-state index in [2.05, 4.69) is 30.7 Å². The van der Waals surface area contributed by atoms with Crippen LogP contribution in [0.4, 0.5) is 0 Å². The van der Waals surface area contributed by atoms with E-state index >= 15 is 0 Å². The van der Waals surface area contributed by atoms with Crippen LogP contribution in [0.25, 0.3) is 0 Å². The highest BCUT2D eigenvalue weighted by Crippen LogP contribution is 2.27. The van der Waals surface area contributed by atoms with Crippen LogP contribution in [-0.2, 0) is 4.74 Å². The van der Waals surface area contributed by atoms with Crippen LogP contribution in [0.5, 0.6) is 0 Å². The first-order valence-corrected chi connectivity index (χ1v) is 5.09. The van der Waals surface area contributed by atoms with Crippen LogP contribution >= 0.6 is 0 Å². The van der Waals surface area contributed by atoms with Crippen molar-refractivity contribution in [3.8, 4) is 0 Å². The summed E-state index contributed by atoms with van der Waals surface area (Å²) in [6, 6.07) is 0.392. The summed E-state index contributed by atoms with van der Waals surface area (Å²) >= 11 is 0. The minimum atomic E-state index is 0.0360. The van der Waals surface area contributed by atoms with E-state index < -0.39 is 0 Å². The maximum absolute atomic E-state index is 5.86. The van der Waals surface area contributed by atoms with Gasteiger partial charge in [0.2, 0.25) is 0 Å². The molecule has 14 heavy (non-hydrogen) atoms. The summed E-state index contributed by atoms with van der Waals surface area (Å²) in [5, 5.41) is 0. The highest BCUT2D eigenvalue weighted by molar-refractivity contribution is 5.81. The van der Waals surface area contributed by atoms with Crippen molar-refractivity contribution in [3.05, 3.63) is 0 Å². The Morgan fingerprint density at radius 2 is 2.29 bits per heavy atom. The van der Waals surface area contributed by atoms with Crippen molar-refractivity contribution in [3.63, 3.8) is 0 Å². The van der Waals surface area contributed by atoms with Crippen LogP contribution in [0.2, 0.25) is 0 Å². The smallest absolute Gasteiger partial charge is 0.192 e. The standard InChI is InChI=1S/C10H21N3O/c1-8(2)13-9(11)12-7-10(13,3)5-6-14-4/h8H,5-7H2,1-4H3,(H2,11,12). The Bertz CT molecular complexity index is 227. The van der Waals surface area contributed by atoms with Crippen molar-refractivity contribution in [1.29, 1.82) is 0 Å². The Balaban J connectivity index is 2.70. The van der Waals surface area contributed by atoms with E-state index in [1.807, 2.05) is 0 Å². The van der Waals surface area contributed by atoms with Gasteiger partial charge in [-0.25, -0.2) is 0 Å². The highest BCUT2D eigenvalue weighted by atomic mass is 16.5. The minimum Gasteiger partial charge on any atom is -0.385 e. The van der Waals surface area contributed by atoms with Gasteiger partial charge in [0.25, 0.3) is 0 Å². The second kappa shape index (κ2) is 4.17. The molecule has 1 aliphatic rings. The molecule has 0 aromatic rings. The number of methoxy groups -OCH3 is 1. The SMILES string of the molecule is COCCC1(C)CN=C(N)N1C(C)C. The largest absolute Gasteiger partial charge is 0.385 e. The number of rotatable bonds is 4. The number of nitrogens with two attached hydrogens (primary N) is 1. The van der Waals surface area contributed by atoms with Gasteiger partial charge in [0.1, 0.15) is 0 Å². The molecule has 0 aromatic carbocycles. The first kappa shape index (κ1) is 11.3. The molecule has 0 fully saturated rings. The molecule has 0 bridgehead atoms. The van der Waals surface area contributed by atoms with E-state index in [0.29, 0.717) is 12.0 Å². The van der Waals surface area contributed by atoms with Gasteiger partial charge >= 0.3 is 0 Å². The van der Waals surface area contributed by atoms with Crippen molar-refractivity contribution in [2.75, 3.05) is 20.3 Å². The van der Waals surface area contributed by atoms with Crippen molar-refractivity contribution in [2.45, 2.75) is 38.8 Å². The van der Waals surface area contributed by atoms with Gasteiger partial charge in [-0.15, -0.1) is 0 Å². The lowest BCUT2D eigenvalue weighted by Crippen LogP contribution is -2.53. The maximum Gasteiger partial charge on any atom is 0.192 e. The average molecular weight is 199 g/mol. The number of ether oxygens (including phenoxy) is 1. The highest BCUT2D eigenvalue weighted by Gasteiger charge is 2.38. The van der Waals surface area contributed by atoms with Crippen molar-refractivity contribution in [1.82, 2.24) is 4.90 Å². The number of nitrogens with zero attached hydrogens (tertiary/aromatic N) is 2. The average Bonchev–Trinajstić information content (AvgIpc) is 2.40. The minimum absolute atomic E-state index is 0.0360. The Kier molecular flexibility index (Phi) is 3.37. The first-order chi connectivity index (χ1) is 6.51. The molecule has 0 spiro atoms. The molecule has 1 heterocycles. The monoisotopic (exact) mass is 199 g/mol. The predicted octanol–water partition coefficient (Wildman–Crippen LogP) is 0.820. The second-order valence-corrected chi connectivity index (χ2v) is 4.38. The molecule has 0 saturated heterocycles. The first-order valence-electron chi connectivity index (χ1n) is 5.09. The molecule has 1 atom stereocenters. The lowest BCUT2D eigenvalue weighted by atomic mass is 9.96. The molecule has 0 aliphatic carbocycles. The summed E-state index contributed by atoms with van der Waals surface area (Å²) in [5.74, 6) is 0.665. The topological polar surface area (TPSA) is 50.9 Å². The molecule has 0 saturated carbocycles. The fourth-order valence-electron chi connectivity index (χ4n) is 2.09. The summed E-state index contributed by atoms with van der Waals surface area (Å²) in [4.78, 5) is 6.50. The summed E-state index contributed by atoms with van der Waals surface area (Å²) < 4.78 is 5.11. The molecule has 2 N–H and O–H groups in total. The van der Waals surface area contributed by atoms with Crippen LogP contribution in [0.15, 0.2) is 4.99 Å². The number of guanidine groups is 1. The summed E-state index contributed by atoms with van der Waals surface area (Å²) in [6.07, 6.45) is 0.964. The van der Waals surface area contributed by atoms with Crippen LogP contribution in [0.1, 0.15) is 27.2 Å². The zero-order valence-corrected chi connectivity index (χ0v) is 9.58. The molecule has 4 nitrogen and oxygen atoms in total. The van der Waals surface area contributed by atoms with Gasteiger partial charge in [-0.2, -0.15) is 0 Å². The Morgan fingerprint density at radius 1 is 1.64 bits per heavy atom. The summed E-state index contributed by atoms with van der Waals surface area (Å²) in [6.45, 7) is 8.00. The fraction of sp³-hybridized carbons (Fsp3) is 0.900. The van der Waals surface area contributed by atoms with Crippen molar-refractivity contribution >= 4 is 5.96 Å². The number of hydrogen-bond donors (Lipinski definition) is 1. The van der Waals surface area contributed by atoms with E-state index in [-0.39, 0.29) is 5.54 Å². The molecule has 1 aliphatic heterocycles. The molecule has 0 radical (unpaired) electrons. The molecule has 1 rings (SSSR count). The van der Waals surface area contributed by atoms with Crippen LogP contribution < -0.4 is 5.73 Å². The van der Waals surface area contributed by atoms with Gasteiger partial charge in [-0.05, 0) is 27.2 Å². The number of aliphatic imine (C=N–C) groups is 1. The summed E-state index contributed by atoms with van der Waals surface area (Å²) in [7, 11) is 1.72. The molecular weight excluding hydrogens is 178 g/mol. The number of hydrogen-bond acceptors (Lipinski definition) is 4. The predicted molar refractivity (Wildman–Crippen MR) is 58.4 cm³/mol. The zero-order valence-electron chi connectivity index (χ0n) is 9.58. The third-order valence-corrected chi connectivity index (χ3v) is 2.77. The van der Waals surface area contributed by atoms with E-state index in [9.17, 15) is 0 Å². The van der Waals surface area contributed by atoms with Gasteiger partial charge in [-0.1, -0.05) is 0 Å². The van der Waals surface area contributed by atoms with E-state index in [1.54, 1.807) is 7.11 Å². The lowest BCUT2D eigenvalue weighted by Gasteiger charge is -2.39. The Hall–Kier alpha value is -0.770. The third kappa shape index (κ3) is 2.00. The molecule has 82 valence electrons. The van der Waals surface area contributed by atoms with Crippen LogP contribution in [0, 0.1) is 0 Å². The van der Waals surface area contributed by atoms with Crippen LogP contribution in [-0.4, -0.2) is 42.7 Å². The third-order valence-electron chi connectivity index (χ3n) is 2.77. The molecular formula is C10H21N3O. The lowest BCUT2D eigenvalue weighted by molar-refractivity contribution is 0.112. The molecule has 0 aromatic heterocycles. The maximum atomic E-state index is 5.86. The van der Waals surface area contributed by atoms with E-state index in [1.165, 1.54) is 0 Å². The second-order valence-electron chi connectivity index (χ2n) is 4.38. The van der Waals surface area contributed by atoms with Crippen LogP contribution in [0.3, 0.4) is 0 Å².